The van der Waals surface area contributed by atoms with Gasteiger partial charge in [-0.15, -0.1) is 0 Å². The van der Waals surface area contributed by atoms with Crippen molar-refractivity contribution in [3.8, 4) is 0 Å². The van der Waals surface area contributed by atoms with Crippen molar-refractivity contribution in [3.05, 3.63) is 0 Å². The summed E-state index contributed by atoms with van der Waals surface area (Å²) in [6, 6.07) is -1.19. The molecule has 0 aliphatic rings. The van der Waals surface area contributed by atoms with Gasteiger partial charge in [-0.25, -0.2) is 3.53 Å². The number of primary amides is 1. The third kappa shape index (κ3) is 42.8. The van der Waals surface area contributed by atoms with Gasteiger partial charge in [0.2, 0.25) is 29.5 Å². The average Bonchev–Trinajstić information content (AvgIpc) is 3.23. The Kier molecular flexibility index (Phi) is 42.7. The molecule has 0 saturated heterocycles. The number of carboxylic acid groups (broad SMARTS) is 1. The fraction of sp³-hybridized carbons (Fsp3) is 0.825. The lowest BCUT2D eigenvalue weighted by molar-refractivity contribution is -0.137. The zero-order chi connectivity index (χ0) is 45.0. The molecule has 0 aromatic rings. The first-order chi connectivity index (χ1) is 29.6. The van der Waals surface area contributed by atoms with Gasteiger partial charge in [-0.1, -0.05) is 98.6 Å². The Morgan fingerprint density at radius 1 is 0.541 bits per heavy atom. The van der Waals surface area contributed by atoms with Crippen LogP contribution in [-0.4, -0.2) is 143 Å². The quantitative estimate of drug-likeness (QED) is 0.0152. The van der Waals surface area contributed by atoms with Crippen LogP contribution in [0.5, 0.6) is 0 Å². The largest absolute Gasteiger partial charge is 0.481 e. The number of unbranched alkanes of at least 4 members (excludes halogenated alkanes) is 13. The maximum atomic E-state index is 12.1. The number of ether oxygens (including phenoxy) is 4. The molecular formula is C40H73IN6O12S2. The predicted molar refractivity (Wildman–Crippen MR) is 246 cm³/mol. The maximum absolute atomic E-state index is 12.1. The van der Waals surface area contributed by atoms with E-state index >= 15 is 0 Å². The number of hydrogen-bond donors (Lipinski definition) is 7. The molecule has 0 fully saturated rings. The number of nitrogens with two attached hydrogens (primary N) is 1. The molecule has 18 nitrogen and oxygen atoms in total. The Morgan fingerprint density at radius 2 is 0.967 bits per heavy atom. The number of hydrogen-bond acceptors (Lipinski definition) is 14. The molecule has 0 aromatic heterocycles. The molecule has 0 heterocycles. The summed E-state index contributed by atoms with van der Waals surface area (Å²) in [5.41, 5.74) is 5.37. The summed E-state index contributed by atoms with van der Waals surface area (Å²) < 4.78 is 24.2. The minimum atomic E-state index is -0.877. The molecule has 0 bridgehead atoms. The van der Waals surface area contributed by atoms with Crippen molar-refractivity contribution in [2.75, 3.05) is 84.0 Å². The number of rotatable bonds is 46. The first kappa shape index (κ1) is 58.7. The van der Waals surface area contributed by atoms with Crippen molar-refractivity contribution < 1.29 is 57.6 Å². The van der Waals surface area contributed by atoms with E-state index in [9.17, 15) is 33.6 Å². The molecule has 0 aromatic carbocycles. The highest BCUT2D eigenvalue weighted by atomic mass is 127. The zero-order valence-corrected chi connectivity index (χ0v) is 39.7. The lowest BCUT2D eigenvalue weighted by atomic mass is 10.0. The summed E-state index contributed by atoms with van der Waals surface area (Å²) in [4.78, 5) is 81.1. The predicted octanol–water partition coefficient (Wildman–Crippen LogP) is 3.37. The Morgan fingerprint density at radius 3 is 1.46 bits per heavy atom. The molecule has 21 heteroatoms. The van der Waals surface area contributed by atoms with Gasteiger partial charge in [0, 0.05) is 73.3 Å². The number of halogens is 1. The Balaban J connectivity index is 3.51. The molecule has 0 saturated carbocycles. The van der Waals surface area contributed by atoms with Crippen LogP contribution in [0.1, 0.15) is 116 Å². The van der Waals surface area contributed by atoms with Gasteiger partial charge in [0.25, 0.3) is 0 Å². The highest BCUT2D eigenvalue weighted by molar-refractivity contribution is 14.1. The van der Waals surface area contributed by atoms with Crippen LogP contribution in [0.4, 0.5) is 0 Å². The van der Waals surface area contributed by atoms with Gasteiger partial charge in [-0.05, 0) is 19.3 Å². The molecule has 0 rings (SSSR count). The van der Waals surface area contributed by atoms with E-state index in [2.05, 4.69) is 24.8 Å². The first-order valence-corrected chi connectivity index (χ1v) is 25.1. The van der Waals surface area contributed by atoms with E-state index in [1.165, 1.54) is 73.0 Å². The molecule has 61 heavy (non-hydrogen) atoms. The second-order valence-electron chi connectivity index (χ2n) is 14.3. The fourth-order valence-corrected chi connectivity index (χ4v) is 8.42. The van der Waals surface area contributed by atoms with E-state index in [1.54, 1.807) is 0 Å². The summed E-state index contributed by atoms with van der Waals surface area (Å²) in [5.74, 6) is -1.52. The van der Waals surface area contributed by atoms with Crippen molar-refractivity contribution in [2.45, 2.75) is 128 Å². The van der Waals surface area contributed by atoms with Crippen molar-refractivity contribution in [1.82, 2.24) is 24.8 Å². The lowest BCUT2D eigenvalue weighted by Crippen LogP contribution is -2.47. The summed E-state index contributed by atoms with van der Waals surface area (Å²) in [7, 11) is 2.70. The van der Waals surface area contributed by atoms with Crippen molar-refractivity contribution in [1.29, 1.82) is 0 Å². The zero-order valence-electron chi connectivity index (χ0n) is 35.9. The van der Waals surface area contributed by atoms with Gasteiger partial charge in [0.05, 0.1) is 45.7 Å². The van der Waals surface area contributed by atoms with Crippen LogP contribution >= 0.6 is 44.5 Å². The summed E-state index contributed by atoms with van der Waals surface area (Å²) >= 11 is 1.89. The first-order valence-electron chi connectivity index (χ1n) is 21.6. The van der Waals surface area contributed by atoms with Gasteiger partial charge in [-0.2, -0.15) is 0 Å². The smallest absolute Gasteiger partial charge is 0.303 e. The van der Waals surface area contributed by atoms with E-state index in [1.807, 2.05) is 22.9 Å². The van der Waals surface area contributed by atoms with E-state index in [-0.39, 0.29) is 88.7 Å². The molecule has 0 radical (unpaired) electrons. The van der Waals surface area contributed by atoms with Crippen LogP contribution in [0.15, 0.2) is 0 Å². The van der Waals surface area contributed by atoms with Crippen LogP contribution in [0.3, 0.4) is 0 Å². The maximum Gasteiger partial charge on any atom is 0.303 e. The number of amides is 5. The Hall–Kier alpha value is -2.28. The molecular weight excluding hydrogens is 948 g/mol. The molecule has 2 unspecified atom stereocenters. The molecule has 8 N–H and O–H groups in total. The molecule has 354 valence electrons. The van der Waals surface area contributed by atoms with Crippen LogP contribution in [0, 0.1) is 0 Å². The van der Waals surface area contributed by atoms with E-state index in [4.69, 9.17) is 29.8 Å². The average molecular weight is 1020 g/mol. The van der Waals surface area contributed by atoms with Crippen LogP contribution in [0.2, 0.25) is 0 Å². The van der Waals surface area contributed by atoms with Crippen LogP contribution in [-0.2, 0) is 52.5 Å². The molecule has 0 aliphatic carbocycles. The number of carboxylic acids is 1. The second-order valence-corrected chi connectivity index (χ2v) is 17.4. The molecule has 5 amide bonds. The summed E-state index contributed by atoms with van der Waals surface area (Å²) in [5, 5.41) is 19.5. The van der Waals surface area contributed by atoms with Gasteiger partial charge in [0.15, 0.2) is 0 Å². The fourth-order valence-electron chi connectivity index (χ4n) is 5.45. The number of nitrogens with one attached hydrogen (secondary N) is 5. The molecule has 0 aliphatic heterocycles. The Bertz CT molecular complexity index is 1180. The van der Waals surface area contributed by atoms with E-state index in [0.29, 0.717) is 44.7 Å². The van der Waals surface area contributed by atoms with E-state index in [0.717, 1.165) is 44.8 Å². The van der Waals surface area contributed by atoms with Crippen LogP contribution in [0.25, 0.3) is 0 Å². The standard InChI is InChI=1S/C40H73IN6O12S2/c41-47-33(28-48)31-60-61-32-34(40(42)55)46-38(52)30-59-27-25-57-23-21-45-37(51)29-58-26-24-56-22-20-44-36(50)17-15-19-43-35(49)16-13-11-9-7-5-3-1-2-4-6-8-10-12-14-18-39(53)54/h28,33-34,47H,1-27,29-32H2,(H2,42,55)(H,43,49)(H,44,50)(H,45,51)(H,46,52)(H,53,54). The molecule has 2 atom stereocenters. The second kappa shape index (κ2) is 44.3. The van der Waals surface area contributed by atoms with Gasteiger partial charge in [0.1, 0.15) is 25.5 Å². The highest BCUT2D eigenvalue weighted by Gasteiger charge is 2.19. The third-order valence-corrected chi connectivity index (χ3v) is 12.1. The summed E-state index contributed by atoms with van der Waals surface area (Å²) in [6.45, 7) is 1.98. The Labute approximate surface area is 384 Å². The third-order valence-electron chi connectivity index (χ3n) is 8.84. The normalized spacial score (nSPS) is 12.0. The van der Waals surface area contributed by atoms with Crippen molar-refractivity contribution in [3.63, 3.8) is 0 Å². The van der Waals surface area contributed by atoms with E-state index < -0.39 is 23.8 Å². The van der Waals surface area contributed by atoms with Crippen molar-refractivity contribution in [2.24, 2.45) is 5.73 Å². The van der Waals surface area contributed by atoms with Gasteiger partial charge >= 0.3 is 5.97 Å². The summed E-state index contributed by atoms with van der Waals surface area (Å²) in [6.07, 6.45) is 18.5. The number of aliphatic carboxylic acids is 1. The number of carbonyl (C=O) groups excluding carboxylic acids is 6. The minimum absolute atomic E-state index is 0.0288. The van der Waals surface area contributed by atoms with Crippen molar-refractivity contribution >= 4 is 86.2 Å². The van der Waals surface area contributed by atoms with Crippen LogP contribution < -0.4 is 30.5 Å². The number of carbonyl (C=O) groups is 7. The minimum Gasteiger partial charge on any atom is -0.481 e. The van der Waals surface area contributed by atoms with Gasteiger partial charge in [-0.3, -0.25) is 28.8 Å². The highest BCUT2D eigenvalue weighted by Crippen LogP contribution is 2.23. The lowest BCUT2D eigenvalue weighted by Gasteiger charge is -2.15. The van der Waals surface area contributed by atoms with Gasteiger partial charge < -0.3 is 55.8 Å². The monoisotopic (exact) mass is 1020 g/mol. The topological polar surface area (TPSA) is 263 Å². The number of aldehydes is 1. The molecule has 0 spiro atoms. The SMILES string of the molecule is NC(=O)C(CSSCC(C=O)NI)NC(=O)COCCOCCNC(=O)COCCOCCNC(=O)CCCNC(=O)CCCCCCCCCCCCCCCCC(=O)O.